The highest BCUT2D eigenvalue weighted by molar-refractivity contribution is 6.00. The smallest absolute Gasteiger partial charge is 0.261 e. The molecule has 1 aromatic carbocycles. The van der Waals surface area contributed by atoms with E-state index in [1.807, 2.05) is 9.80 Å². The van der Waals surface area contributed by atoms with Gasteiger partial charge in [0.05, 0.1) is 14.2 Å². The minimum Gasteiger partial charge on any atom is -0.496 e. The summed E-state index contributed by atoms with van der Waals surface area (Å²) >= 11 is 0. The van der Waals surface area contributed by atoms with Crippen LogP contribution in [0.25, 0.3) is 0 Å². The van der Waals surface area contributed by atoms with Crippen molar-refractivity contribution in [3.63, 3.8) is 0 Å². The van der Waals surface area contributed by atoms with Gasteiger partial charge in [0.2, 0.25) is 5.91 Å². The number of hydrogen-bond acceptors (Lipinski definition) is 4. The molecule has 0 aromatic heterocycles. The van der Waals surface area contributed by atoms with Crippen LogP contribution in [0.4, 0.5) is 0 Å². The van der Waals surface area contributed by atoms with Gasteiger partial charge in [0, 0.05) is 32.1 Å². The number of ether oxygens (including phenoxy) is 2. The van der Waals surface area contributed by atoms with Crippen molar-refractivity contribution in [3.05, 3.63) is 23.8 Å². The highest BCUT2D eigenvalue weighted by Crippen LogP contribution is 2.31. The van der Waals surface area contributed by atoms with E-state index >= 15 is 0 Å². The second-order valence-corrected chi connectivity index (χ2v) is 7.64. The Kier molecular flexibility index (Phi) is 6.24. The maximum absolute atomic E-state index is 13.1. The molecule has 0 aliphatic carbocycles. The van der Waals surface area contributed by atoms with Crippen LogP contribution in [-0.4, -0.2) is 62.0 Å². The molecular formula is C21H30N2O4. The fourth-order valence-electron chi connectivity index (χ4n) is 4.20. The van der Waals surface area contributed by atoms with E-state index in [4.69, 9.17) is 9.47 Å². The molecule has 1 unspecified atom stereocenters. The van der Waals surface area contributed by atoms with E-state index in [2.05, 4.69) is 6.92 Å². The first-order valence-electron chi connectivity index (χ1n) is 9.84. The lowest BCUT2D eigenvalue weighted by atomic mass is 9.92. The number of rotatable bonds is 4. The number of hydrogen-bond donors (Lipinski definition) is 0. The van der Waals surface area contributed by atoms with Crippen LogP contribution in [0, 0.1) is 11.8 Å². The third-order valence-corrected chi connectivity index (χ3v) is 5.74. The van der Waals surface area contributed by atoms with Gasteiger partial charge in [-0.1, -0.05) is 13.0 Å². The Morgan fingerprint density at radius 3 is 2.15 bits per heavy atom. The third-order valence-electron chi connectivity index (χ3n) is 5.74. The van der Waals surface area contributed by atoms with Gasteiger partial charge in [0.25, 0.3) is 5.91 Å². The molecule has 2 aliphatic rings. The number of piperidine rings is 2. The van der Waals surface area contributed by atoms with Crippen LogP contribution in [0.15, 0.2) is 18.2 Å². The SMILES string of the molecule is COc1cccc(OC)c1C(=O)N1CCC(C(=O)N2CCCC(C)C2)CC1. The van der Waals surface area contributed by atoms with E-state index < -0.39 is 0 Å². The van der Waals surface area contributed by atoms with Gasteiger partial charge in [-0.15, -0.1) is 0 Å². The molecule has 0 bridgehead atoms. The maximum Gasteiger partial charge on any atom is 0.261 e. The van der Waals surface area contributed by atoms with Crippen molar-refractivity contribution >= 4 is 11.8 Å². The van der Waals surface area contributed by atoms with Gasteiger partial charge >= 0.3 is 0 Å². The summed E-state index contributed by atoms with van der Waals surface area (Å²) in [6, 6.07) is 5.34. The normalized spacial score (nSPS) is 21.1. The average Bonchev–Trinajstić information content (AvgIpc) is 2.72. The van der Waals surface area contributed by atoms with E-state index in [1.54, 1.807) is 32.4 Å². The van der Waals surface area contributed by atoms with Crippen LogP contribution >= 0.6 is 0 Å². The molecule has 2 amide bonds. The Morgan fingerprint density at radius 2 is 1.59 bits per heavy atom. The van der Waals surface area contributed by atoms with Crippen molar-refractivity contribution in [1.29, 1.82) is 0 Å². The van der Waals surface area contributed by atoms with Crippen molar-refractivity contribution in [2.24, 2.45) is 11.8 Å². The number of methoxy groups -OCH3 is 2. The van der Waals surface area contributed by atoms with Crippen molar-refractivity contribution < 1.29 is 19.1 Å². The molecule has 2 aliphatic heterocycles. The van der Waals surface area contributed by atoms with Gasteiger partial charge in [-0.05, 0) is 43.7 Å². The summed E-state index contributed by atoms with van der Waals surface area (Å²) in [5, 5.41) is 0. The van der Waals surface area contributed by atoms with E-state index in [1.165, 1.54) is 6.42 Å². The van der Waals surface area contributed by atoms with Crippen molar-refractivity contribution in [2.45, 2.75) is 32.6 Å². The number of likely N-dealkylation sites (tertiary alicyclic amines) is 2. The van der Waals surface area contributed by atoms with Crippen molar-refractivity contribution in [2.75, 3.05) is 40.4 Å². The Morgan fingerprint density at radius 1 is 0.963 bits per heavy atom. The summed E-state index contributed by atoms with van der Waals surface area (Å²) in [7, 11) is 3.10. The van der Waals surface area contributed by atoms with Crippen molar-refractivity contribution in [3.8, 4) is 11.5 Å². The largest absolute Gasteiger partial charge is 0.496 e. The van der Waals surface area contributed by atoms with Crippen LogP contribution in [0.5, 0.6) is 11.5 Å². The summed E-state index contributed by atoms with van der Waals surface area (Å²) < 4.78 is 10.7. The van der Waals surface area contributed by atoms with Crippen LogP contribution in [-0.2, 0) is 4.79 Å². The van der Waals surface area contributed by atoms with Gasteiger partial charge in [-0.2, -0.15) is 0 Å². The monoisotopic (exact) mass is 374 g/mol. The standard InChI is InChI=1S/C21H30N2O4/c1-15-6-5-11-23(14-15)20(24)16-9-12-22(13-10-16)21(25)19-17(26-2)7-4-8-18(19)27-3/h4,7-8,15-16H,5-6,9-14H2,1-3H3. The van der Waals surface area contributed by atoms with Gasteiger partial charge in [-0.3, -0.25) is 9.59 Å². The molecule has 2 heterocycles. The Balaban J connectivity index is 1.64. The highest BCUT2D eigenvalue weighted by atomic mass is 16.5. The molecule has 27 heavy (non-hydrogen) atoms. The minimum atomic E-state index is -0.0956. The lowest BCUT2D eigenvalue weighted by molar-refractivity contribution is -0.138. The minimum absolute atomic E-state index is 0.0268. The summed E-state index contributed by atoms with van der Waals surface area (Å²) in [4.78, 5) is 29.7. The molecule has 148 valence electrons. The summed E-state index contributed by atoms with van der Waals surface area (Å²) in [6.07, 6.45) is 3.73. The summed E-state index contributed by atoms with van der Waals surface area (Å²) in [5.74, 6) is 1.81. The van der Waals surface area contributed by atoms with Gasteiger partial charge in [0.15, 0.2) is 0 Å². The number of benzene rings is 1. The lowest BCUT2D eigenvalue weighted by Crippen LogP contribution is -2.47. The second kappa shape index (κ2) is 8.63. The fourth-order valence-corrected chi connectivity index (χ4v) is 4.20. The molecule has 6 nitrogen and oxygen atoms in total. The molecule has 0 N–H and O–H groups in total. The number of carbonyl (C=O) groups excluding carboxylic acids is 2. The Bertz CT molecular complexity index is 661. The predicted molar refractivity (Wildman–Crippen MR) is 103 cm³/mol. The van der Waals surface area contributed by atoms with E-state index in [0.717, 1.165) is 19.5 Å². The van der Waals surface area contributed by atoms with Gasteiger partial charge in [0.1, 0.15) is 17.1 Å². The van der Waals surface area contributed by atoms with Gasteiger partial charge < -0.3 is 19.3 Å². The first-order chi connectivity index (χ1) is 13.0. The first-order valence-corrected chi connectivity index (χ1v) is 9.84. The topological polar surface area (TPSA) is 59.1 Å². The molecule has 3 rings (SSSR count). The molecule has 0 saturated carbocycles. The molecular weight excluding hydrogens is 344 g/mol. The number of carbonyl (C=O) groups is 2. The molecule has 6 heteroatoms. The zero-order valence-corrected chi connectivity index (χ0v) is 16.6. The molecule has 2 fully saturated rings. The average molecular weight is 374 g/mol. The lowest BCUT2D eigenvalue weighted by Gasteiger charge is -2.37. The fraction of sp³-hybridized carbons (Fsp3) is 0.619. The zero-order chi connectivity index (χ0) is 19.4. The summed E-state index contributed by atoms with van der Waals surface area (Å²) in [6.45, 7) is 5.12. The van der Waals surface area contributed by atoms with E-state index in [9.17, 15) is 9.59 Å². The third kappa shape index (κ3) is 4.20. The number of amides is 2. The second-order valence-electron chi connectivity index (χ2n) is 7.64. The van der Waals surface area contributed by atoms with Crippen LogP contribution in [0.3, 0.4) is 0 Å². The molecule has 1 aromatic rings. The van der Waals surface area contributed by atoms with Gasteiger partial charge in [-0.25, -0.2) is 0 Å². The first kappa shape index (κ1) is 19.5. The predicted octanol–water partition coefficient (Wildman–Crippen LogP) is 2.81. The van der Waals surface area contributed by atoms with Crippen molar-refractivity contribution in [1.82, 2.24) is 9.80 Å². The molecule has 0 spiro atoms. The van der Waals surface area contributed by atoms with Crippen LogP contribution < -0.4 is 9.47 Å². The molecule has 2 saturated heterocycles. The maximum atomic E-state index is 13.1. The molecule has 0 radical (unpaired) electrons. The van der Waals surface area contributed by atoms with Crippen LogP contribution in [0.2, 0.25) is 0 Å². The summed E-state index contributed by atoms with van der Waals surface area (Å²) in [5.41, 5.74) is 0.456. The Hall–Kier alpha value is -2.24. The zero-order valence-electron chi connectivity index (χ0n) is 16.6. The number of nitrogens with zero attached hydrogens (tertiary/aromatic N) is 2. The van der Waals surface area contributed by atoms with Crippen LogP contribution in [0.1, 0.15) is 43.0 Å². The molecule has 1 atom stereocenters. The van der Waals surface area contributed by atoms with E-state index in [0.29, 0.717) is 48.9 Å². The highest BCUT2D eigenvalue weighted by Gasteiger charge is 2.33. The quantitative estimate of drug-likeness (QED) is 0.813. The Labute approximate surface area is 161 Å². The van der Waals surface area contributed by atoms with E-state index in [-0.39, 0.29) is 17.7 Å².